The summed E-state index contributed by atoms with van der Waals surface area (Å²) in [7, 11) is 1.97. The van der Waals surface area contributed by atoms with E-state index in [1.165, 1.54) is 11.1 Å². The Kier molecular flexibility index (Phi) is 5.98. The van der Waals surface area contributed by atoms with Crippen molar-refractivity contribution in [2.24, 2.45) is 24.3 Å². The quantitative estimate of drug-likeness (QED) is 0.763. The first-order chi connectivity index (χ1) is 14.3. The molecule has 2 aromatic rings. The van der Waals surface area contributed by atoms with Crippen LogP contribution in [0.15, 0.2) is 36.5 Å². The second kappa shape index (κ2) is 8.52. The molecule has 1 N–H and O–H groups in total. The summed E-state index contributed by atoms with van der Waals surface area (Å²) in [6.07, 6.45) is 2.11. The summed E-state index contributed by atoms with van der Waals surface area (Å²) in [6, 6.07) is 10.6. The largest absolute Gasteiger partial charge is 0.356 e. The zero-order chi connectivity index (χ0) is 21.3. The molecule has 2 saturated heterocycles. The summed E-state index contributed by atoms with van der Waals surface area (Å²) in [5.41, 5.74) is 3.76. The lowest BCUT2D eigenvalue weighted by Crippen LogP contribution is -2.62. The lowest BCUT2D eigenvalue weighted by atomic mass is 9.71. The van der Waals surface area contributed by atoms with Gasteiger partial charge in [0, 0.05) is 70.0 Å². The zero-order valence-corrected chi connectivity index (χ0v) is 18.8. The molecule has 1 aromatic carbocycles. The maximum absolute atomic E-state index is 13.1. The van der Waals surface area contributed by atoms with Crippen LogP contribution in [0.5, 0.6) is 0 Å². The first-order valence-corrected chi connectivity index (χ1v) is 11.1. The van der Waals surface area contributed by atoms with Crippen molar-refractivity contribution in [1.82, 2.24) is 24.9 Å². The number of aryl methyl sites for hydroxylation is 2. The molecule has 30 heavy (non-hydrogen) atoms. The van der Waals surface area contributed by atoms with Crippen LogP contribution < -0.4 is 5.32 Å². The first-order valence-electron chi connectivity index (χ1n) is 11.1. The van der Waals surface area contributed by atoms with Gasteiger partial charge in [-0.1, -0.05) is 44.2 Å². The summed E-state index contributed by atoms with van der Waals surface area (Å²) >= 11 is 0. The standard InChI is InChI=1S/C24H35N5O/c1-18(2)10-25-23(30)22-14-28(11-20-8-6-5-7-9-20)15-24(22)16-29(17-24)13-21-12-27(4)26-19(21)3/h5-9,12,18,22H,10-11,13-17H2,1-4H3,(H,25,30). The second-order valence-electron chi connectivity index (χ2n) is 9.77. The average Bonchev–Trinajstić information content (AvgIpc) is 3.20. The molecule has 0 saturated carbocycles. The average molecular weight is 410 g/mol. The highest BCUT2D eigenvalue weighted by Gasteiger charge is 2.56. The van der Waals surface area contributed by atoms with Crippen LogP contribution in [0.4, 0.5) is 0 Å². The van der Waals surface area contributed by atoms with Crippen molar-refractivity contribution < 1.29 is 4.79 Å². The molecule has 0 bridgehead atoms. The highest BCUT2D eigenvalue weighted by atomic mass is 16.2. The number of rotatable bonds is 7. The minimum Gasteiger partial charge on any atom is -0.356 e. The summed E-state index contributed by atoms with van der Waals surface area (Å²) in [6.45, 7) is 12.7. The molecule has 0 aliphatic carbocycles. The fourth-order valence-electron chi connectivity index (χ4n) is 5.14. The first kappa shape index (κ1) is 21.1. The van der Waals surface area contributed by atoms with E-state index in [1.807, 2.05) is 11.7 Å². The van der Waals surface area contributed by atoms with Gasteiger partial charge in [0.2, 0.25) is 5.91 Å². The minimum atomic E-state index is 0.0613. The molecular formula is C24H35N5O. The van der Waals surface area contributed by atoms with Crippen LogP contribution in [0.2, 0.25) is 0 Å². The maximum atomic E-state index is 13.1. The predicted octanol–water partition coefficient (Wildman–Crippen LogP) is 2.43. The Morgan fingerprint density at radius 1 is 1.17 bits per heavy atom. The summed E-state index contributed by atoms with van der Waals surface area (Å²) in [4.78, 5) is 18.1. The Balaban J connectivity index is 1.44. The van der Waals surface area contributed by atoms with Crippen molar-refractivity contribution in [3.63, 3.8) is 0 Å². The third kappa shape index (κ3) is 4.44. The molecule has 2 aliphatic heterocycles. The number of amides is 1. The topological polar surface area (TPSA) is 53.4 Å². The number of benzene rings is 1. The third-order valence-corrected chi connectivity index (χ3v) is 6.55. The summed E-state index contributed by atoms with van der Waals surface area (Å²) in [5, 5.41) is 7.68. The molecule has 6 nitrogen and oxygen atoms in total. The molecule has 162 valence electrons. The minimum absolute atomic E-state index is 0.0613. The Bertz CT molecular complexity index is 869. The van der Waals surface area contributed by atoms with E-state index in [0.717, 1.165) is 51.5 Å². The second-order valence-corrected chi connectivity index (χ2v) is 9.77. The number of likely N-dealkylation sites (tertiary alicyclic amines) is 2. The van der Waals surface area contributed by atoms with Crippen molar-refractivity contribution in [3.8, 4) is 0 Å². The van der Waals surface area contributed by atoms with Gasteiger partial charge >= 0.3 is 0 Å². The number of carbonyl (C=O) groups is 1. The number of hydrogen-bond acceptors (Lipinski definition) is 4. The van der Waals surface area contributed by atoms with E-state index in [4.69, 9.17) is 0 Å². The number of nitrogens with zero attached hydrogens (tertiary/aromatic N) is 4. The van der Waals surface area contributed by atoms with Crippen molar-refractivity contribution in [3.05, 3.63) is 53.3 Å². The molecule has 6 heteroatoms. The number of aromatic nitrogens is 2. The van der Waals surface area contributed by atoms with Gasteiger partial charge in [0.05, 0.1) is 11.6 Å². The molecule has 4 rings (SSSR count). The normalized spacial score (nSPS) is 21.3. The van der Waals surface area contributed by atoms with Gasteiger partial charge in [0.1, 0.15) is 0 Å². The van der Waals surface area contributed by atoms with E-state index in [0.29, 0.717) is 5.92 Å². The van der Waals surface area contributed by atoms with Gasteiger partial charge in [-0.05, 0) is 18.4 Å². The van der Waals surface area contributed by atoms with Gasteiger partial charge in [-0.15, -0.1) is 0 Å². The molecule has 0 radical (unpaired) electrons. The van der Waals surface area contributed by atoms with Crippen molar-refractivity contribution in [2.45, 2.75) is 33.9 Å². The molecule has 1 aromatic heterocycles. The molecule has 1 unspecified atom stereocenters. The lowest BCUT2D eigenvalue weighted by Gasteiger charge is -2.50. The van der Waals surface area contributed by atoms with Crippen molar-refractivity contribution in [2.75, 3.05) is 32.7 Å². The smallest absolute Gasteiger partial charge is 0.225 e. The van der Waals surface area contributed by atoms with Crippen LogP contribution in [0, 0.1) is 24.2 Å². The number of carbonyl (C=O) groups excluding carboxylic acids is 1. The van der Waals surface area contributed by atoms with Crippen molar-refractivity contribution in [1.29, 1.82) is 0 Å². The van der Waals surface area contributed by atoms with Gasteiger partial charge in [0.15, 0.2) is 0 Å². The maximum Gasteiger partial charge on any atom is 0.225 e. The predicted molar refractivity (Wildman–Crippen MR) is 119 cm³/mol. The Morgan fingerprint density at radius 2 is 1.87 bits per heavy atom. The summed E-state index contributed by atoms with van der Waals surface area (Å²) in [5.74, 6) is 0.765. The van der Waals surface area contributed by atoms with Crippen LogP contribution in [0.3, 0.4) is 0 Å². The van der Waals surface area contributed by atoms with Crippen molar-refractivity contribution >= 4 is 5.91 Å². The monoisotopic (exact) mass is 409 g/mol. The van der Waals surface area contributed by atoms with Crippen LogP contribution in [0.25, 0.3) is 0 Å². The van der Waals surface area contributed by atoms with Crippen LogP contribution >= 0.6 is 0 Å². The van der Waals surface area contributed by atoms with Crippen LogP contribution in [0.1, 0.15) is 30.7 Å². The molecule has 1 atom stereocenters. The third-order valence-electron chi connectivity index (χ3n) is 6.55. The van der Waals surface area contributed by atoms with Gasteiger partial charge in [0.25, 0.3) is 0 Å². The molecule has 3 heterocycles. The van der Waals surface area contributed by atoms with Gasteiger partial charge in [-0.2, -0.15) is 5.10 Å². The van der Waals surface area contributed by atoms with E-state index < -0.39 is 0 Å². The fraction of sp³-hybridized carbons (Fsp3) is 0.583. The van der Waals surface area contributed by atoms with Gasteiger partial charge in [-0.3, -0.25) is 19.3 Å². The highest BCUT2D eigenvalue weighted by Crippen LogP contribution is 2.45. The van der Waals surface area contributed by atoms with E-state index in [2.05, 4.69) is 77.5 Å². The SMILES string of the molecule is Cc1nn(C)cc1CN1CC2(CN(Cc3ccccc3)CC2C(=O)NCC(C)C)C1. The van der Waals surface area contributed by atoms with E-state index in [9.17, 15) is 4.79 Å². The molecule has 2 aliphatic rings. The molecular weight excluding hydrogens is 374 g/mol. The molecule has 2 fully saturated rings. The molecule has 1 spiro atoms. The number of hydrogen-bond donors (Lipinski definition) is 1. The highest BCUT2D eigenvalue weighted by molar-refractivity contribution is 5.80. The number of nitrogens with one attached hydrogen (secondary N) is 1. The Labute approximate surface area is 180 Å². The van der Waals surface area contributed by atoms with E-state index in [1.54, 1.807) is 0 Å². The Morgan fingerprint density at radius 3 is 2.50 bits per heavy atom. The van der Waals surface area contributed by atoms with E-state index >= 15 is 0 Å². The van der Waals surface area contributed by atoms with E-state index in [-0.39, 0.29) is 17.2 Å². The van der Waals surface area contributed by atoms with Crippen LogP contribution in [-0.4, -0.2) is 58.2 Å². The lowest BCUT2D eigenvalue weighted by molar-refractivity contribution is -0.133. The van der Waals surface area contributed by atoms with Crippen LogP contribution in [-0.2, 0) is 24.9 Å². The zero-order valence-electron chi connectivity index (χ0n) is 18.8. The fourth-order valence-corrected chi connectivity index (χ4v) is 5.14. The molecule has 1 amide bonds. The summed E-state index contributed by atoms with van der Waals surface area (Å²) < 4.78 is 1.89. The van der Waals surface area contributed by atoms with Gasteiger partial charge < -0.3 is 5.32 Å². The van der Waals surface area contributed by atoms with Gasteiger partial charge in [-0.25, -0.2) is 0 Å². The Hall–Kier alpha value is -2.18.